The zero-order valence-corrected chi connectivity index (χ0v) is 11.7. The van der Waals surface area contributed by atoms with E-state index in [2.05, 4.69) is 5.32 Å². The largest absolute Gasteiger partial charge is 0.480 e. The molecule has 4 bridgehead atoms. The lowest BCUT2D eigenvalue weighted by atomic mass is 9.49. The van der Waals surface area contributed by atoms with E-state index in [1.54, 1.807) is 13.8 Å². The normalized spacial score (nSPS) is 40.2. The van der Waals surface area contributed by atoms with E-state index in [1.165, 1.54) is 19.3 Å². The molecule has 0 aromatic rings. The molecule has 0 atom stereocenters. The van der Waals surface area contributed by atoms with Gasteiger partial charge in [-0.15, -0.1) is 0 Å². The van der Waals surface area contributed by atoms with E-state index in [0.717, 1.165) is 19.3 Å². The SMILES string of the molecule is CC(C)(NC(=O)C12CC3CC(CC(C3)C1)C2)C(=O)O. The Hall–Kier alpha value is -1.06. The maximum absolute atomic E-state index is 12.6. The Balaban J connectivity index is 1.78. The van der Waals surface area contributed by atoms with Crippen molar-refractivity contribution in [3.8, 4) is 0 Å². The fourth-order valence-corrected chi connectivity index (χ4v) is 4.86. The van der Waals surface area contributed by atoms with Crippen LogP contribution in [0.5, 0.6) is 0 Å². The Morgan fingerprint density at radius 2 is 1.47 bits per heavy atom. The number of carbonyl (C=O) groups excluding carboxylic acids is 1. The molecular weight excluding hydrogens is 242 g/mol. The number of carboxylic acid groups (broad SMARTS) is 1. The monoisotopic (exact) mass is 265 g/mol. The van der Waals surface area contributed by atoms with Gasteiger partial charge in [0.2, 0.25) is 5.91 Å². The molecule has 4 aliphatic carbocycles. The van der Waals surface area contributed by atoms with E-state index in [4.69, 9.17) is 5.11 Å². The predicted octanol–water partition coefficient (Wildman–Crippen LogP) is 2.18. The fourth-order valence-electron chi connectivity index (χ4n) is 4.86. The van der Waals surface area contributed by atoms with Crippen LogP contribution in [0, 0.1) is 23.2 Å². The van der Waals surface area contributed by atoms with Crippen molar-refractivity contribution in [3.05, 3.63) is 0 Å². The molecule has 4 heteroatoms. The van der Waals surface area contributed by atoms with Crippen LogP contribution in [0.25, 0.3) is 0 Å². The second kappa shape index (κ2) is 3.97. The lowest BCUT2D eigenvalue weighted by Gasteiger charge is -2.56. The van der Waals surface area contributed by atoms with Gasteiger partial charge in [-0.1, -0.05) is 0 Å². The van der Waals surface area contributed by atoms with Gasteiger partial charge in [-0.25, -0.2) is 4.79 Å². The minimum absolute atomic E-state index is 0.0148. The molecule has 0 unspecified atom stereocenters. The number of hydrogen-bond donors (Lipinski definition) is 2. The average Bonchev–Trinajstić information content (AvgIpc) is 2.26. The molecule has 1 amide bonds. The zero-order valence-electron chi connectivity index (χ0n) is 11.7. The van der Waals surface area contributed by atoms with Crippen molar-refractivity contribution in [2.75, 3.05) is 0 Å². The maximum atomic E-state index is 12.6. The standard InChI is InChI=1S/C15H23NO3/c1-14(2,13(18)19)16-12(17)15-6-9-3-10(7-15)5-11(4-9)8-15/h9-11H,3-8H2,1-2H3,(H,16,17)(H,18,19). The smallest absolute Gasteiger partial charge is 0.328 e. The highest BCUT2D eigenvalue weighted by molar-refractivity contribution is 5.89. The molecule has 0 spiro atoms. The molecule has 4 nitrogen and oxygen atoms in total. The van der Waals surface area contributed by atoms with Gasteiger partial charge in [0.05, 0.1) is 0 Å². The summed E-state index contributed by atoms with van der Waals surface area (Å²) in [6, 6.07) is 0. The lowest BCUT2D eigenvalue weighted by molar-refractivity contribution is -0.154. The van der Waals surface area contributed by atoms with Gasteiger partial charge >= 0.3 is 5.97 Å². The van der Waals surface area contributed by atoms with Crippen molar-refractivity contribution >= 4 is 11.9 Å². The third-order valence-electron chi connectivity index (χ3n) is 5.48. The van der Waals surface area contributed by atoms with Crippen LogP contribution >= 0.6 is 0 Å². The molecule has 0 saturated heterocycles. The molecule has 0 aromatic carbocycles. The number of carbonyl (C=O) groups is 2. The molecule has 106 valence electrons. The van der Waals surface area contributed by atoms with Crippen molar-refractivity contribution < 1.29 is 14.7 Å². The molecule has 19 heavy (non-hydrogen) atoms. The van der Waals surface area contributed by atoms with Crippen LogP contribution in [0.1, 0.15) is 52.4 Å². The van der Waals surface area contributed by atoms with E-state index in [0.29, 0.717) is 17.8 Å². The van der Waals surface area contributed by atoms with Crippen LogP contribution < -0.4 is 5.32 Å². The first-order valence-corrected chi connectivity index (χ1v) is 7.37. The van der Waals surface area contributed by atoms with Gasteiger partial charge in [0.15, 0.2) is 0 Å². The lowest BCUT2D eigenvalue weighted by Crippen LogP contribution is -2.59. The Bertz CT molecular complexity index is 392. The van der Waals surface area contributed by atoms with Crippen molar-refractivity contribution in [3.63, 3.8) is 0 Å². The van der Waals surface area contributed by atoms with E-state index in [-0.39, 0.29) is 11.3 Å². The van der Waals surface area contributed by atoms with Crippen LogP contribution in [0.2, 0.25) is 0 Å². The first-order valence-electron chi connectivity index (χ1n) is 7.37. The zero-order chi connectivity index (χ0) is 13.8. The second-order valence-corrected chi connectivity index (χ2v) is 7.58. The highest BCUT2D eigenvalue weighted by atomic mass is 16.4. The summed E-state index contributed by atoms with van der Waals surface area (Å²) in [4.78, 5) is 23.8. The third kappa shape index (κ3) is 2.05. The Morgan fingerprint density at radius 3 is 1.84 bits per heavy atom. The van der Waals surface area contributed by atoms with Crippen molar-refractivity contribution in [1.29, 1.82) is 0 Å². The van der Waals surface area contributed by atoms with Crippen LogP contribution in [0.3, 0.4) is 0 Å². The number of nitrogens with one attached hydrogen (secondary N) is 1. The predicted molar refractivity (Wildman–Crippen MR) is 70.5 cm³/mol. The minimum Gasteiger partial charge on any atom is -0.480 e. The van der Waals surface area contributed by atoms with Gasteiger partial charge in [-0.3, -0.25) is 4.79 Å². The average molecular weight is 265 g/mol. The topological polar surface area (TPSA) is 66.4 Å². The van der Waals surface area contributed by atoms with E-state index in [1.807, 2.05) is 0 Å². The molecule has 2 N–H and O–H groups in total. The van der Waals surface area contributed by atoms with E-state index in [9.17, 15) is 9.59 Å². The third-order valence-corrected chi connectivity index (χ3v) is 5.48. The summed E-state index contributed by atoms with van der Waals surface area (Å²) in [6.07, 6.45) is 6.78. The first-order chi connectivity index (χ1) is 8.81. The molecule has 0 radical (unpaired) electrons. The Kier molecular flexibility index (Phi) is 2.70. The van der Waals surface area contributed by atoms with Crippen molar-refractivity contribution in [2.24, 2.45) is 23.2 Å². The van der Waals surface area contributed by atoms with Crippen LogP contribution in [0.4, 0.5) is 0 Å². The fraction of sp³-hybridized carbons (Fsp3) is 0.867. The highest BCUT2D eigenvalue weighted by Crippen LogP contribution is 2.60. The molecule has 4 aliphatic rings. The Labute approximate surface area is 113 Å². The minimum atomic E-state index is -1.17. The molecule has 4 rings (SSSR count). The molecule has 4 saturated carbocycles. The summed E-state index contributed by atoms with van der Waals surface area (Å²) in [5.74, 6) is 1.12. The number of hydrogen-bond acceptors (Lipinski definition) is 2. The summed E-state index contributed by atoms with van der Waals surface area (Å²) < 4.78 is 0. The highest BCUT2D eigenvalue weighted by Gasteiger charge is 2.55. The van der Waals surface area contributed by atoms with Crippen molar-refractivity contribution in [1.82, 2.24) is 5.32 Å². The van der Waals surface area contributed by atoms with Gasteiger partial charge < -0.3 is 10.4 Å². The summed E-state index contributed by atoms with van der Waals surface area (Å²) in [6.45, 7) is 3.13. The molecule has 0 heterocycles. The number of rotatable bonds is 3. The number of amides is 1. The quantitative estimate of drug-likeness (QED) is 0.822. The molecule has 0 aromatic heterocycles. The van der Waals surface area contributed by atoms with Gasteiger partial charge in [0.1, 0.15) is 5.54 Å². The van der Waals surface area contributed by atoms with Gasteiger partial charge in [-0.2, -0.15) is 0 Å². The van der Waals surface area contributed by atoms with E-state index < -0.39 is 11.5 Å². The summed E-state index contributed by atoms with van der Waals surface area (Å²) >= 11 is 0. The number of carboxylic acids is 1. The van der Waals surface area contributed by atoms with Crippen LogP contribution in [-0.4, -0.2) is 22.5 Å². The Morgan fingerprint density at radius 1 is 1.05 bits per heavy atom. The number of aliphatic carboxylic acids is 1. The summed E-state index contributed by atoms with van der Waals surface area (Å²) in [5, 5.41) is 11.9. The maximum Gasteiger partial charge on any atom is 0.328 e. The van der Waals surface area contributed by atoms with Crippen LogP contribution in [-0.2, 0) is 9.59 Å². The van der Waals surface area contributed by atoms with Gasteiger partial charge in [0, 0.05) is 5.41 Å². The van der Waals surface area contributed by atoms with Crippen LogP contribution in [0.15, 0.2) is 0 Å². The first kappa shape index (κ1) is 12.9. The van der Waals surface area contributed by atoms with Gasteiger partial charge in [-0.05, 0) is 70.1 Å². The molecular formula is C15H23NO3. The van der Waals surface area contributed by atoms with E-state index >= 15 is 0 Å². The summed E-state index contributed by atoms with van der Waals surface area (Å²) in [5.41, 5.74) is -1.43. The molecule has 0 aliphatic heterocycles. The van der Waals surface area contributed by atoms with Crippen molar-refractivity contribution in [2.45, 2.75) is 57.9 Å². The van der Waals surface area contributed by atoms with Gasteiger partial charge in [0.25, 0.3) is 0 Å². The molecule has 4 fully saturated rings. The second-order valence-electron chi connectivity index (χ2n) is 7.58. The summed E-state index contributed by atoms with van der Waals surface area (Å²) in [7, 11) is 0.